The summed E-state index contributed by atoms with van der Waals surface area (Å²) in [7, 11) is 0. The standard InChI is InChI=1S/C12H13N3O/c1-2-5-9(8-13)15-11-7-4-3-6-10(11)12(14)16/h2-7,9,15H,1H3,(H2,14,16)/b5-2+/t9-/m1/s1. The molecule has 0 spiro atoms. The molecule has 4 heteroatoms. The number of primary amides is 1. The number of carbonyl (C=O) groups excluding carboxylic acids is 1. The Morgan fingerprint density at radius 3 is 2.81 bits per heavy atom. The summed E-state index contributed by atoms with van der Waals surface area (Å²) >= 11 is 0. The third kappa shape index (κ3) is 2.85. The molecule has 16 heavy (non-hydrogen) atoms. The SMILES string of the molecule is C/C=C/[C@H](C#N)Nc1ccccc1C(N)=O. The molecule has 0 aromatic heterocycles. The molecule has 1 aromatic rings. The molecule has 4 nitrogen and oxygen atoms in total. The third-order valence-corrected chi connectivity index (χ3v) is 2.03. The predicted molar refractivity (Wildman–Crippen MR) is 62.8 cm³/mol. The van der Waals surface area contributed by atoms with E-state index in [1.54, 1.807) is 36.4 Å². The van der Waals surface area contributed by atoms with Crippen molar-refractivity contribution in [2.45, 2.75) is 13.0 Å². The summed E-state index contributed by atoms with van der Waals surface area (Å²) < 4.78 is 0. The lowest BCUT2D eigenvalue weighted by Crippen LogP contribution is -2.19. The number of para-hydroxylation sites is 1. The van der Waals surface area contributed by atoms with Gasteiger partial charge in [-0.1, -0.05) is 24.3 Å². The second-order valence-electron chi connectivity index (χ2n) is 3.19. The van der Waals surface area contributed by atoms with Crippen LogP contribution in [0.2, 0.25) is 0 Å². The van der Waals surface area contributed by atoms with Crippen LogP contribution in [0.25, 0.3) is 0 Å². The van der Waals surface area contributed by atoms with Crippen LogP contribution in [0, 0.1) is 11.3 Å². The second-order valence-corrected chi connectivity index (χ2v) is 3.19. The van der Waals surface area contributed by atoms with E-state index in [0.717, 1.165) is 0 Å². The van der Waals surface area contributed by atoms with E-state index in [9.17, 15) is 4.79 Å². The fourth-order valence-corrected chi connectivity index (χ4v) is 1.31. The molecule has 1 rings (SSSR count). The number of rotatable bonds is 4. The van der Waals surface area contributed by atoms with E-state index in [-0.39, 0.29) is 0 Å². The van der Waals surface area contributed by atoms with E-state index < -0.39 is 11.9 Å². The summed E-state index contributed by atoms with van der Waals surface area (Å²) in [5.41, 5.74) is 6.18. The van der Waals surface area contributed by atoms with Crippen molar-refractivity contribution in [2.75, 3.05) is 5.32 Å². The summed E-state index contributed by atoms with van der Waals surface area (Å²) in [4.78, 5) is 11.1. The zero-order chi connectivity index (χ0) is 12.0. The van der Waals surface area contributed by atoms with Crippen LogP contribution in [-0.4, -0.2) is 11.9 Å². The minimum atomic E-state index is -0.514. The molecule has 82 valence electrons. The van der Waals surface area contributed by atoms with Crippen molar-refractivity contribution < 1.29 is 4.79 Å². The number of nitrogens with two attached hydrogens (primary N) is 1. The van der Waals surface area contributed by atoms with Gasteiger partial charge in [0.05, 0.1) is 11.6 Å². The maximum atomic E-state index is 11.1. The Balaban J connectivity index is 2.97. The van der Waals surface area contributed by atoms with Crippen LogP contribution < -0.4 is 11.1 Å². The van der Waals surface area contributed by atoms with Crippen molar-refractivity contribution in [2.24, 2.45) is 5.73 Å². The highest BCUT2D eigenvalue weighted by molar-refractivity contribution is 5.98. The van der Waals surface area contributed by atoms with Crippen LogP contribution in [0.4, 0.5) is 5.69 Å². The fraction of sp³-hybridized carbons (Fsp3) is 0.167. The number of nitriles is 1. The molecule has 0 fully saturated rings. The molecular weight excluding hydrogens is 202 g/mol. The summed E-state index contributed by atoms with van der Waals surface area (Å²) in [6.45, 7) is 1.83. The van der Waals surface area contributed by atoms with Gasteiger partial charge in [0.2, 0.25) is 0 Å². The van der Waals surface area contributed by atoms with Gasteiger partial charge in [0.15, 0.2) is 0 Å². The molecule has 0 radical (unpaired) electrons. The summed E-state index contributed by atoms with van der Waals surface area (Å²) in [5, 5.41) is 11.8. The Labute approximate surface area is 94.4 Å². The number of hydrogen-bond donors (Lipinski definition) is 2. The van der Waals surface area contributed by atoms with Crippen LogP contribution in [0.15, 0.2) is 36.4 Å². The maximum absolute atomic E-state index is 11.1. The minimum absolute atomic E-state index is 0.382. The number of hydrogen-bond acceptors (Lipinski definition) is 3. The number of carbonyl (C=O) groups is 1. The second kappa shape index (κ2) is 5.56. The number of nitrogens with zero attached hydrogens (tertiary/aromatic N) is 1. The van der Waals surface area contributed by atoms with Crippen molar-refractivity contribution in [3.63, 3.8) is 0 Å². The molecule has 0 aliphatic rings. The van der Waals surface area contributed by atoms with Crippen molar-refractivity contribution >= 4 is 11.6 Å². The summed E-state index contributed by atoms with van der Waals surface area (Å²) in [5.74, 6) is -0.514. The lowest BCUT2D eigenvalue weighted by atomic mass is 10.1. The van der Waals surface area contributed by atoms with Gasteiger partial charge >= 0.3 is 0 Å². The summed E-state index contributed by atoms with van der Waals surface area (Å²) in [6, 6.07) is 8.44. The third-order valence-electron chi connectivity index (χ3n) is 2.03. The Kier molecular flexibility index (Phi) is 4.10. The first-order valence-corrected chi connectivity index (χ1v) is 4.87. The Morgan fingerprint density at radius 1 is 1.56 bits per heavy atom. The highest BCUT2D eigenvalue weighted by Gasteiger charge is 2.09. The molecule has 0 aliphatic carbocycles. The van der Waals surface area contributed by atoms with Gasteiger partial charge < -0.3 is 11.1 Å². The largest absolute Gasteiger partial charge is 0.366 e. The van der Waals surface area contributed by atoms with Crippen molar-refractivity contribution in [1.82, 2.24) is 0 Å². The van der Waals surface area contributed by atoms with Crippen LogP contribution in [0.1, 0.15) is 17.3 Å². The first-order valence-electron chi connectivity index (χ1n) is 4.87. The number of amides is 1. The van der Waals surface area contributed by atoms with E-state index >= 15 is 0 Å². The zero-order valence-electron chi connectivity index (χ0n) is 8.97. The minimum Gasteiger partial charge on any atom is -0.366 e. The van der Waals surface area contributed by atoms with E-state index in [0.29, 0.717) is 11.3 Å². The number of anilines is 1. The molecule has 0 unspecified atom stereocenters. The Bertz CT molecular complexity index is 446. The van der Waals surface area contributed by atoms with Crippen molar-refractivity contribution in [3.8, 4) is 6.07 Å². The molecule has 0 saturated carbocycles. The molecule has 1 amide bonds. The van der Waals surface area contributed by atoms with E-state index in [2.05, 4.69) is 11.4 Å². The number of allylic oxidation sites excluding steroid dienone is 1. The molecule has 0 heterocycles. The summed E-state index contributed by atoms with van der Waals surface area (Å²) in [6.07, 6.45) is 3.48. The van der Waals surface area contributed by atoms with Gasteiger partial charge in [-0.25, -0.2) is 0 Å². The number of benzene rings is 1. The first-order chi connectivity index (χ1) is 7.69. The molecular formula is C12H13N3O. The lowest BCUT2D eigenvalue weighted by molar-refractivity contribution is 0.100. The van der Waals surface area contributed by atoms with Crippen LogP contribution in [0.5, 0.6) is 0 Å². The van der Waals surface area contributed by atoms with Gasteiger partial charge in [-0.15, -0.1) is 0 Å². The normalized spacial score (nSPS) is 12.0. The van der Waals surface area contributed by atoms with Crippen LogP contribution in [0.3, 0.4) is 0 Å². The van der Waals surface area contributed by atoms with E-state index in [4.69, 9.17) is 11.0 Å². The topological polar surface area (TPSA) is 78.9 Å². The predicted octanol–water partition coefficient (Wildman–Crippen LogP) is 1.67. The monoisotopic (exact) mass is 215 g/mol. The maximum Gasteiger partial charge on any atom is 0.250 e. The van der Waals surface area contributed by atoms with Crippen molar-refractivity contribution in [1.29, 1.82) is 5.26 Å². The van der Waals surface area contributed by atoms with E-state index in [1.807, 2.05) is 6.92 Å². The highest BCUT2D eigenvalue weighted by atomic mass is 16.1. The average molecular weight is 215 g/mol. The van der Waals surface area contributed by atoms with Crippen LogP contribution in [-0.2, 0) is 0 Å². The smallest absolute Gasteiger partial charge is 0.250 e. The first kappa shape index (κ1) is 11.8. The van der Waals surface area contributed by atoms with Gasteiger partial charge in [0.25, 0.3) is 5.91 Å². The van der Waals surface area contributed by atoms with Gasteiger partial charge in [-0.05, 0) is 19.1 Å². The molecule has 0 aliphatic heterocycles. The average Bonchev–Trinajstić information content (AvgIpc) is 2.29. The number of nitrogens with one attached hydrogen (secondary N) is 1. The van der Waals surface area contributed by atoms with Gasteiger partial charge in [-0.2, -0.15) is 5.26 Å². The fourth-order valence-electron chi connectivity index (χ4n) is 1.31. The Hall–Kier alpha value is -2.28. The van der Waals surface area contributed by atoms with E-state index in [1.165, 1.54) is 0 Å². The van der Waals surface area contributed by atoms with Gasteiger partial charge in [0, 0.05) is 5.69 Å². The van der Waals surface area contributed by atoms with Crippen molar-refractivity contribution in [3.05, 3.63) is 42.0 Å². The molecule has 3 N–H and O–H groups in total. The van der Waals surface area contributed by atoms with Gasteiger partial charge in [0.1, 0.15) is 6.04 Å². The molecule has 0 bridgehead atoms. The molecule has 1 atom stereocenters. The zero-order valence-corrected chi connectivity index (χ0v) is 8.97. The Morgan fingerprint density at radius 2 is 2.25 bits per heavy atom. The lowest BCUT2D eigenvalue weighted by Gasteiger charge is -2.11. The van der Waals surface area contributed by atoms with Gasteiger partial charge in [-0.3, -0.25) is 4.79 Å². The van der Waals surface area contributed by atoms with Crippen LogP contribution >= 0.6 is 0 Å². The quantitative estimate of drug-likeness (QED) is 0.750. The highest BCUT2D eigenvalue weighted by Crippen LogP contribution is 2.15. The molecule has 0 saturated heterocycles. The molecule has 1 aromatic carbocycles.